The molecule has 1 heterocycles. The molecule has 0 saturated heterocycles. The molecule has 1 aromatic carbocycles. The molecule has 0 saturated carbocycles. The summed E-state index contributed by atoms with van der Waals surface area (Å²) in [7, 11) is 3.34. The van der Waals surface area contributed by atoms with E-state index >= 15 is 0 Å². The van der Waals surface area contributed by atoms with E-state index in [0.717, 1.165) is 4.91 Å². The molecule has 3 heteroatoms. The van der Waals surface area contributed by atoms with Crippen molar-refractivity contribution in [3.8, 4) is 0 Å². The van der Waals surface area contributed by atoms with Crippen molar-refractivity contribution in [1.29, 1.82) is 0 Å². The van der Waals surface area contributed by atoms with Crippen molar-refractivity contribution in [3.63, 3.8) is 0 Å². The van der Waals surface area contributed by atoms with Gasteiger partial charge in [-0.25, -0.2) is 0 Å². The predicted molar refractivity (Wildman–Crippen MR) is 68.4 cm³/mol. The summed E-state index contributed by atoms with van der Waals surface area (Å²) in [6.45, 7) is 1.58. The van der Waals surface area contributed by atoms with Crippen LogP contribution in [-0.4, -0.2) is 5.78 Å². The minimum atomic E-state index is 0.101. The zero-order valence-electron chi connectivity index (χ0n) is 8.27. The molecule has 0 radical (unpaired) electrons. The number of rotatable bonds is 2. The van der Waals surface area contributed by atoms with Gasteiger partial charge in [-0.3, -0.25) is 4.79 Å². The van der Waals surface area contributed by atoms with Crippen LogP contribution in [0.25, 0.3) is 4.91 Å². The van der Waals surface area contributed by atoms with Crippen molar-refractivity contribution in [2.75, 3.05) is 0 Å². The van der Waals surface area contributed by atoms with Gasteiger partial charge in [0.1, 0.15) is 0 Å². The van der Waals surface area contributed by atoms with E-state index in [-0.39, 0.29) is 5.78 Å². The Kier molecular flexibility index (Phi) is 3.34. The minimum absolute atomic E-state index is 0.101. The maximum Gasteiger partial charge on any atom is 0.153 e. The molecule has 76 valence electrons. The highest BCUT2D eigenvalue weighted by molar-refractivity contribution is 8.82. The van der Waals surface area contributed by atoms with Gasteiger partial charge in [0.05, 0.1) is 0 Å². The van der Waals surface area contributed by atoms with Gasteiger partial charge in [-0.05, 0) is 24.6 Å². The molecule has 0 aromatic heterocycles. The van der Waals surface area contributed by atoms with Gasteiger partial charge in [0, 0.05) is 9.81 Å². The number of hydrogen-bond donors (Lipinski definition) is 0. The lowest BCUT2D eigenvalue weighted by atomic mass is 10.2. The van der Waals surface area contributed by atoms with Crippen molar-refractivity contribution in [2.45, 2.75) is 6.92 Å². The average Bonchev–Trinajstić information content (AvgIpc) is 2.67. The first kappa shape index (κ1) is 10.6. The van der Waals surface area contributed by atoms with E-state index in [9.17, 15) is 4.79 Å². The molecule has 0 aliphatic carbocycles. The van der Waals surface area contributed by atoms with Crippen LogP contribution in [-0.2, 0) is 4.79 Å². The summed E-state index contributed by atoms with van der Waals surface area (Å²) in [5, 5.41) is 0. The molecule has 1 aliphatic heterocycles. The SMILES string of the molecule is CC(=O)/C=C1\C=C(c2ccccc2)SS1. The second-order valence-electron chi connectivity index (χ2n) is 3.20. The van der Waals surface area contributed by atoms with E-state index in [0.29, 0.717) is 0 Å². The monoisotopic (exact) mass is 234 g/mol. The summed E-state index contributed by atoms with van der Waals surface area (Å²) in [5.41, 5.74) is 1.21. The van der Waals surface area contributed by atoms with E-state index in [1.807, 2.05) is 18.2 Å². The molecule has 0 bridgehead atoms. The maximum absolute atomic E-state index is 10.9. The molecule has 0 spiro atoms. The molecule has 0 fully saturated rings. The van der Waals surface area contributed by atoms with Crippen LogP contribution in [0.5, 0.6) is 0 Å². The number of carbonyl (C=O) groups is 1. The van der Waals surface area contributed by atoms with Gasteiger partial charge in [0.15, 0.2) is 5.78 Å². The van der Waals surface area contributed by atoms with Crippen LogP contribution < -0.4 is 0 Å². The molecule has 2 rings (SSSR count). The van der Waals surface area contributed by atoms with E-state index in [4.69, 9.17) is 0 Å². The molecule has 1 aliphatic rings. The number of carbonyl (C=O) groups excluding carboxylic acids is 1. The lowest BCUT2D eigenvalue weighted by molar-refractivity contribution is -0.112. The minimum Gasteiger partial charge on any atom is -0.295 e. The Morgan fingerprint density at radius 3 is 2.60 bits per heavy atom. The lowest BCUT2D eigenvalue weighted by Gasteiger charge is -1.97. The first-order valence-electron chi connectivity index (χ1n) is 4.59. The summed E-state index contributed by atoms with van der Waals surface area (Å²) >= 11 is 0. The van der Waals surface area contributed by atoms with Crippen molar-refractivity contribution in [1.82, 2.24) is 0 Å². The fourth-order valence-electron chi connectivity index (χ4n) is 1.27. The van der Waals surface area contributed by atoms with Crippen LogP contribution in [0, 0.1) is 0 Å². The van der Waals surface area contributed by atoms with Crippen molar-refractivity contribution >= 4 is 32.3 Å². The molecule has 1 aromatic rings. The standard InChI is InChI=1S/C12H10OS2/c1-9(13)7-11-8-12(15-14-11)10-5-3-2-4-6-10/h2-8H,1H3/b11-7+. The highest BCUT2D eigenvalue weighted by Gasteiger charge is 2.12. The third kappa shape index (κ3) is 2.76. The Labute approximate surface area is 97.0 Å². The van der Waals surface area contributed by atoms with Gasteiger partial charge in [-0.1, -0.05) is 51.9 Å². The molecule has 15 heavy (non-hydrogen) atoms. The Balaban J connectivity index is 2.24. The Bertz CT molecular complexity index is 432. The normalized spacial score (nSPS) is 17.9. The van der Waals surface area contributed by atoms with Gasteiger partial charge >= 0.3 is 0 Å². The van der Waals surface area contributed by atoms with Gasteiger partial charge < -0.3 is 0 Å². The Morgan fingerprint density at radius 1 is 1.20 bits per heavy atom. The third-order valence-electron chi connectivity index (χ3n) is 1.90. The molecule has 0 amide bonds. The summed E-state index contributed by atoms with van der Waals surface area (Å²) in [6.07, 6.45) is 3.74. The first-order valence-corrected chi connectivity index (χ1v) is 6.74. The van der Waals surface area contributed by atoms with Crippen LogP contribution in [0.15, 0.2) is 47.4 Å². The van der Waals surface area contributed by atoms with Crippen LogP contribution in [0.4, 0.5) is 0 Å². The fourth-order valence-corrected chi connectivity index (χ4v) is 3.60. The van der Waals surface area contributed by atoms with E-state index < -0.39 is 0 Å². The molecule has 0 N–H and O–H groups in total. The molecular weight excluding hydrogens is 224 g/mol. The zero-order chi connectivity index (χ0) is 10.7. The summed E-state index contributed by atoms with van der Waals surface area (Å²) < 4.78 is 0. The van der Waals surface area contributed by atoms with E-state index in [2.05, 4.69) is 18.2 Å². The van der Waals surface area contributed by atoms with Crippen molar-refractivity contribution in [3.05, 3.63) is 53.0 Å². The van der Waals surface area contributed by atoms with Crippen LogP contribution in [0.2, 0.25) is 0 Å². The number of allylic oxidation sites excluding steroid dienone is 2. The second-order valence-corrected chi connectivity index (χ2v) is 5.44. The van der Waals surface area contributed by atoms with Gasteiger partial charge in [-0.15, -0.1) is 0 Å². The number of benzene rings is 1. The first-order chi connectivity index (χ1) is 7.25. The Hall–Kier alpha value is -0.930. The topological polar surface area (TPSA) is 17.1 Å². The molecule has 0 atom stereocenters. The lowest BCUT2D eigenvalue weighted by Crippen LogP contribution is -1.81. The summed E-state index contributed by atoms with van der Waals surface area (Å²) in [6, 6.07) is 10.2. The largest absolute Gasteiger partial charge is 0.295 e. The molecule has 0 unspecified atom stereocenters. The van der Waals surface area contributed by atoms with Crippen LogP contribution >= 0.6 is 21.6 Å². The van der Waals surface area contributed by atoms with Crippen molar-refractivity contribution in [2.24, 2.45) is 0 Å². The van der Waals surface area contributed by atoms with Gasteiger partial charge in [0.2, 0.25) is 0 Å². The number of ketones is 1. The maximum atomic E-state index is 10.9. The van der Waals surface area contributed by atoms with Gasteiger partial charge in [-0.2, -0.15) is 0 Å². The highest BCUT2D eigenvalue weighted by Crippen LogP contribution is 2.49. The summed E-state index contributed by atoms with van der Waals surface area (Å²) in [5.74, 6) is 0.101. The third-order valence-corrected chi connectivity index (χ3v) is 4.32. The average molecular weight is 234 g/mol. The zero-order valence-corrected chi connectivity index (χ0v) is 9.90. The smallest absolute Gasteiger partial charge is 0.153 e. The summed E-state index contributed by atoms with van der Waals surface area (Å²) in [4.78, 5) is 13.2. The Morgan fingerprint density at radius 2 is 1.93 bits per heavy atom. The molecular formula is C12H10OS2. The van der Waals surface area contributed by atoms with Crippen molar-refractivity contribution < 1.29 is 4.79 Å². The van der Waals surface area contributed by atoms with E-state index in [1.165, 1.54) is 10.5 Å². The fraction of sp³-hybridized carbons (Fsp3) is 0.0833. The predicted octanol–water partition coefficient (Wildman–Crippen LogP) is 3.90. The second kappa shape index (κ2) is 4.73. The van der Waals surface area contributed by atoms with Crippen LogP contribution in [0.1, 0.15) is 12.5 Å². The molecule has 1 nitrogen and oxygen atoms in total. The highest BCUT2D eigenvalue weighted by atomic mass is 33.1. The van der Waals surface area contributed by atoms with Crippen LogP contribution in [0.3, 0.4) is 0 Å². The van der Waals surface area contributed by atoms with E-state index in [1.54, 1.807) is 34.6 Å². The quantitative estimate of drug-likeness (QED) is 0.570. The van der Waals surface area contributed by atoms with Gasteiger partial charge in [0.25, 0.3) is 0 Å². The number of hydrogen-bond acceptors (Lipinski definition) is 3.